The molecule has 0 unspecified atom stereocenters. The quantitative estimate of drug-likeness (QED) is 0.382. The minimum Gasteiger partial charge on any atom is -0.336 e. The van der Waals surface area contributed by atoms with Gasteiger partial charge in [0.05, 0.1) is 40.8 Å². The van der Waals surface area contributed by atoms with Gasteiger partial charge in [-0.1, -0.05) is 32.0 Å². The van der Waals surface area contributed by atoms with Gasteiger partial charge >= 0.3 is 0 Å². The molecule has 1 aliphatic carbocycles. The largest absolute Gasteiger partial charge is 0.336 e. The summed E-state index contributed by atoms with van der Waals surface area (Å²) in [5.41, 5.74) is 5.01. The minimum atomic E-state index is -0.218. The first-order valence-electron chi connectivity index (χ1n) is 11.9. The lowest BCUT2D eigenvalue weighted by molar-refractivity contribution is 0.102. The van der Waals surface area contributed by atoms with Crippen LogP contribution in [0.15, 0.2) is 53.6 Å². The first-order valence-corrected chi connectivity index (χ1v) is 11.9. The summed E-state index contributed by atoms with van der Waals surface area (Å²) in [4.78, 5) is 22.8. The minimum absolute atomic E-state index is 0.00816. The smallest absolute Gasteiger partial charge is 0.259 e. The Morgan fingerprint density at radius 3 is 2.83 bits per heavy atom. The molecule has 1 saturated carbocycles. The Hall–Kier alpha value is -4.01. The van der Waals surface area contributed by atoms with Gasteiger partial charge in [0.15, 0.2) is 0 Å². The highest BCUT2D eigenvalue weighted by atomic mass is 16.5. The maximum absolute atomic E-state index is 13.5. The normalized spacial score (nSPS) is 14.1. The summed E-state index contributed by atoms with van der Waals surface area (Å²) in [6.07, 6.45) is 10.2. The van der Waals surface area contributed by atoms with Gasteiger partial charge in [-0.05, 0) is 42.9 Å². The first kappa shape index (κ1) is 21.5. The summed E-state index contributed by atoms with van der Waals surface area (Å²) in [6, 6.07) is 7.79. The SMILES string of the molecule is CC(C)(C)Cc1noc2nc(C3CC3)cc(C(=O)Nc3cnn(Cc4cn5ccccc5n4)c3)c12. The molecule has 0 aliphatic heterocycles. The van der Waals surface area contributed by atoms with E-state index < -0.39 is 0 Å². The number of imidazole rings is 1. The van der Waals surface area contributed by atoms with Gasteiger partial charge in [-0.2, -0.15) is 5.10 Å². The maximum atomic E-state index is 13.5. The van der Waals surface area contributed by atoms with Crippen LogP contribution >= 0.6 is 0 Å². The van der Waals surface area contributed by atoms with E-state index in [0.29, 0.717) is 41.2 Å². The number of nitrogens with zero attached hydrogens (tertiary/aromatic N) is 6. The van der Waals surface area contributed by atoms with E-state index in [2.05, 4.69) is 46.3 Å². The van der Waals surface area contributed by atoms with Crippen LogP contribution in [0.5, 0.6) is 0 Å². The fourth-order valence-electron chi connectivity index (χ4n) is 4.36. The highest BCUT2D eigenvalue weighted by Crippen LogP contribution is 2.41. The zero-order valence-electron chi connectivity index (χ0n) is 20.0. The van der Waals surface area contributed by atoms with Crippen LogP contribution in [-0.2, 0) is 13.0 Å². The van der Waals surface area contributed by atoms with E-state index in [1.54, 1.807) is 10.9 Å². The summed E-state index contributed by atoms with van der Waals surface area (Å²) in [5, 5.41) is 12.4. The third-order valence-electron chi connectivity index (χ3n) is 6.10. The highest BCUT2D eigenvalue weighted by Gasteiger charge is 2.30. The Labute approximate surface area is 202 Å². The summed E-state index contributed by atoms with van der Waals surface area (Å²) in [6.45, 7) is 6.91. The van der Waals surface area contributed by atoms with E-state index in [1.807, 2.05) is 47.3 Å². The highest BCUT2D eigenvalue weighted by molar-refractivity contribution is 6.12. The number of amides is 1. The molecule has 0 bridgehead atoms. The first-order chi connectivity index (χ1) is 16.8. The van der Waals surface area contributed by atoms with E-state index >= 15 is 0 Å². The number of pyridine rings is 2. The maximum Gasteiger partial charge on any atom is 0.259 e. The predicted octanol–water partition coefficient (Wildman–Crippen LogP) is 4.83. The molecule has 0 radical (unpaired) electrons. The van der Waals surface area contributed by atoms with E-state index in [-0.39, 0.29) is 11.3 Å². The van der Waals surface area contributed by atoms with Gasteiger partial charge in [0.2, 0.25) is 0 Å². The van der Waals surface area contributed by atoms with E-state index in [1.165, 1.54) is 0 Å². The molecule has 35 heavy (non-hydrogen) atoms. The molecule has 9 nitrogen and oxygen atoms in total. The molecule has 5 aromatic rings. The van der Waals surface area contributed by atoms with Crippen molar-refractivity contribution >= 4 is 28.3 Å². The Morgan fingerprint density at radius 1 is 1.20 bits per heavy atom. The Balaban J connectivity index is 1.27. The van der Waals surface area contributed by atoms with Crippen molar-refractivity contribution < 1.29 is 9.32 Å². The summed E-state index contributed by atoms with van der Waals surface area (Å²) in [7, 11) is 0. The zero-order valence-corrected chi connectivity index (χ0v) is 20.0. The van der Waals surface area contributed by atoms with Crippen molar-refractivity contribution in [1.82, 2.24) is 29.3 Å². The average Bonchev–Trinajstić information content (AvgIpc) is 3.25. The molecular weight excluding hydrogens is 442 g/mol. The van der Waals surface area contributed by atoms with Crippen LogP contribution in [0.3, 0.4) is 0 Å². The van der Waals surface area contributed by atoms with Crippen molar-refractivity contribution in [2.24, 2.45) is 5.41 Å². The molecule has 0 spiro atoms. The van der Waals surface area contributed by atoms with Gasteiger partial charge in [0.25, 0.3) is 11.6 Å². The van der Waals surface area contributed by atoms with E-state index in [4.69, 9.17) is 4.52 Å². The van der Waals surface area contributed by atoms with Crippen LogP contribution in [0, 0.1) is 5.41 Å². The van der Waals surface area contributed by atoms with Crippen LogP contribution in [-0.4, -0.2) is 35.2 Å². The van der Waals surface area contributed by atoms with Crippen molar-refractivity contribution in [3.63, 3.8) is 0 Å². The molecule has 1 amide bonds. The van der Waals surface area contributed by atoms with Crippen LogP contribution in [0.1, 0.15) is 67.0 Å². The van der Waals surface area contributed by atoms with Gasteiger partial charge in [-0.25, -0.2) is 9.97 Å². The third-order valence-corrected chi connectivity index (χ3v) is 6.10. The molecule has 5 heterocycles. The Morgan fingerprint density at radius 2 is 2.06 bits per heavy atom. The van der Waals surface area contributed by atoms with Crippen LogP contribution in [0.2, 0.25) is 0 Å². The standard InChI is InChI=1S/C26H27N7O2/c1-26(2,3)11-21-23-19(10-20(16-7-8-16)30-25(23)35-31-21)24(34)29-17-12-27-33(14-17)15-18-13-32-9-5-4-6-22(32)28-18/h4-6,9-10,12-14,16H,7-8,11,15H2,1-3H3,(H,29,34). The number of nitrogens with one attached hydrogen (secondary N) is 1. The molecule has 178 valence electrons. The second-order valence-electron chi connectivity index (χ2n) is 10.5. The molecule has 1 N–H and O–H groups in total. The summed E-state index contributed by atoms with van der Waals surface area (Å²) < 4.78 is 9.32. The molecule has 1 fully saturated rings. The van der Waals surface area contributed by atoms with E-state index in [0.717, 1.165) is 35.6 Å². The van der Waals surface area contributed by atoms with Crippen molar-refractivity contribution in [1.29, 1.82) is 0 Å². The Kier molecular flexibility index (Phi) is 4.94. The van der Waals surface area contributed by atoms with Crippen molar-refractivity contribution in [3.05, 3.63) is 71.7 Å². The monoisotopic (exact) mass is 469 g/mol. The molecule has 1 aliphatic rings. The van der Waals surface area contributed by atoms with Gasteiger partial charge < -0.3 is 14.2 Å². The molecule has 6 rings (SSSR count). The number of hydrogen-bond acceptors (Lipinski definition) is 6. The van der Waals surface area contributed by atoms with Gasteiger partial charge in [0.1, 0.15) is 5.65 Å². The molecule has 0 atom stereocenters. The van der Waals surface area contributed by atoms with E-state index in [9.17, 15) is 4.79 Å². The predicted molar refractivity (Wildman–Crippen MR) is 131 cm³/mol. The lowest BCUT2D eigenvalue weighted by Crippen LogP contribution is -2.15. The van der Waals surface area contributed by atoms with Crippen LogP contribution in [0.4, 0.5) is 5.69 Å². The third kappa shape index (κ3) is 4.41. The molecule has 0 saturated heterocycles. The summed E-state index contributed by atoms with van der Waals surface area (Å²) in [5.74, 6) is 0.167. The molecule has 5 aromatic heterocycles. The number of rotatable bonds is 6. The van der Waals surface area contributed by atoms with Gasteiger partial charge in [-0.15, -0.1) is 0 Å². The van der Waals surface area contributed by atoms with Crippen LogP contribution < -0.4 is 5.32 Å². The molecular formula is C26H27N7O2. The second-order valence-corrected chi connectivity index (χ2v) is 10.5. The molecule has 0 aromatic carbocycles. The number of fused-ring (bicyclic) bond motifs is 2. The molecule has 9 heteroatoms. The second kappa shape index (κ2) is 8.04. The number of anilines is 1. The lowest BCUT2D eigenvalue weighted by atomic mass is 9.89. The fourth-order valence-corrected chi connectivity index (χ4v) is 4.36. The summed E-state index contributed by atoms with van der Waals surface area (Å²) >= 11 is 0. The number of aromatic nitrogens is 6. The van der Waals surface area contributed by atoms with Crippen molar-refractivity contribution in [2.75, 3.05) is 5.32 Å². The van der Waals surface area contributed by atoms with Gasteiger partial charge in [0, 0.05) is 30.2 Å². The number of carbonyl (C=O) groups excluding carboxylic acids is 1. The zero-order chi connectivity index (χ0) is 24.2. The Bertz CT molecular complexity index is 1520. The number of hydrogen-bond donors (Lipinski definition) is 1. The topological polar surface area (TPSA) is 103 Å². The van der Waals surface area contributed by atoms with Gasteiger partial charge in [-0.3, -0.25) is 9.48 Å². The van der Waals surface area contributed by atoms with Crippen molar-refractivity contribution in [3.8, 4) is 0 Å². The number of carbonyl (C=O) groups is 1. The van der Waals surface area contributed by atoms with Crippen molar-refractivity contribution in [2.45, 2.75) is 52.5 Å². The fraction of sp³-hybridized carbons (Fsp3) is 0.346. The average molecular weight is 470 g/mol. The lowest BCUT2D eigenvalue weighted by Gasteiger charge is -2.16. The van der Waals surface area contributed by atoms with Crippen LogP contribution in [0.25, 0.3) is 16.7 Å².